The van der Waals surface area contributed by atoms with Gasteiger partial charge in [-0.1, -0.05) is 6.42 Å². The SMILES string of the molecule is N#CCCCCC1(O)CC2CCCC(C1)S2. The zero-order chi connectivity index (χ0) is 11.4. The zero-order valence-corrected chi connectivity index (χ0v) is 10.6. The number of fused-ring (bicyclic) bond motifs is 2. The molecule has 0 spiro atoms. The van der Waals surface area contributed by atoms with Crippen molar-refractivity contribution in [3.63, 3.8) is 0 Å². The standard InChI is InChI=1S/C13H21NOS/c14-8-3-1-2-7-13(15)9-11-5-4-6-12(10-13)16-11/h11-12,15H,1-7,9-10H2. The number of unbranched alkanes of at least 4 members (excludes halogenated alkanes) is 2. The molecule has 0 aromatic rings. The second-order valence-corrected chi connectivity index (χ2v) is 6.91. The molecule has 16 heavy (non-hydrogen) atoms. The predicted octanol–water partition coefficient (Wildman–Crippen LogP) is 3.25. The van der Waals surface area contributed by atoms with E-state index >= 15 is 0 Å². The lowest BCUT2D eigenvalue weighted by atomic mass is 9.82. The van der Waals surface area contributed by atoms with Crippen LogP contribution in [0.3, 0.4) is 0 Å². The maximum Gasteiger partial charge on any atom is 0.0668 e. The van der Waals surface area contributed by atoms with Gasteiger partial charge in [0.25, 0.3) is 0 Å². The third-order valence-corrected chi connectivity index (χ3v) is 5.41. The number of nitriles is 1. The molecule has 2 nitrogen and oxygen atoms in total. The Morgan fingerprint density at radius 3 is 2.56 bits per heavy atom. The van der Waals surface area contributed by atoms with Crippen LogP contribution >= 0.6 is 11.8 Å². The van der Waals surface area contributed by atoms with Crippen LogP contribution in [0.15, 0.2) is 0 Å². The van der Waals surface area contributed by atoms with Gasteiger partial charge in [-0.05, 0) is 44.9 Å². The van der Waals surface area contributed by atoms with E-state index in [0.29, 0.717) is 16.9 Å². The molecule has 2 heterocycles. The summed E-state index contributed by atoms with van der Waals surface area (Å²) in [6.45, 7) is 0. The largest absolute Gasteiger partial charge is 0.390 e. The van der Waals surface area contributed by atoms with Gasteiger partial charge in [-0.3, -0.25) is 0 Å². The lowest BCUT2D eigenvalue weighted by molar-refractivity contribution is 0.00256. The van der Waals surface area contributed by atoms with Gasteiger partial charge >= 0.3 is 0 Å². The van der Waals surface area contributed by atoms with Crippen LogP contribution in [0, 0.1) is 11.3 Å². The van der Waals surface area contributed by atoms with Gasteiger partial charge in [0.1, 0.15) is 0 Å². The molecule has 0 saturated carbocycles. The second kappa shape index (κ2) is 5.42. The Labute approximate surface area is 102 Å². The molecule has 2 unspecified atom stereocenters. The minimum Gasteiger partial charge on any atom is -0.390 e. The fourth-order valence-corrected chi connectivity index (χ4v) is 5.04. The molecule has 2 fully saturated rings. The Hall–Kier alpha value is -0.200. The molecule has 2 aliphatic rings. The van der Waals surface area contributed by atoms with Gasteiger partial charge in [-0.2, -0.15) is 17.0 Å². The molecule has 2 saturated heterocycles. The van der Waals surface area contributed by atoms with Crippen molar-refractivity contribution in [2.45, 2.75) is 73.9 Å². The highest BCUT2D eigenvalue weighted by molar-refractivity contribution is 8.00. The van der Waals surface area contributed by atoms with E-state index in [1.165, 1.54) is 19.3 Å². The quantitative estimate of drug-likeness (QED) is 0.766. The van der Waals surface area contributed by atoms with E-state index in [1.807, 2.05) is 0 Å². The Bertz CT molecular complexity index is 262. The number of hydrogen-bond acceptors (Lipinski definition) is 3. The van der Waals surface area contributed by atoms with Gasteiger partial charge in [-0.25, -0.2) is 0 Å². The van der Waals surface area contributed by atoms with E-state index in [2.05, 4.69) is 17.8 Å². The molecule has 0 aromatic heterocycles. The average molecular weight is 239 g/mol. The summed E-state index contributed by atoms with van der Waals surface area (Å²) in [5.41, 5.74) is -0.406. The summed E-state index contributed by atoms with van der Waals surface area (Å²) >= 11 is 2.11. The second-order valence-electron chi connectivity index (χ2n) is 5.31. The number of nitrogens with zero attached hydrogens (tertiary/aromatic N) is 1. The van der Waals surface area contributed by atoms with Crippen LogP contribution in [-0.2, 0) is 0 Å². The summed E-state index contributed by atoms with van der Waals surface area (Å²) < 4.78 is 0. The fourth-order valence-electron chi connectivity index (χ4n) is 3.07. The normalized spacial score (nSPS) is 38.0. The molecule has 90 valence electrons. The van der Waals surface area contributed by atoms with Gasteiger partial charge in [0, 0.05) is 16.9 Å². The number of aliphatic hydroxyl groups is 1. The van der Waals surface area contributed by atoms with Crippen molar-refractivity contribution >= 4 is 11.8 Å². The summed E-state index contributed by atoms with van der Waals surface area (Å²) in [4.78, 5) is 0. The Morgan fingerprint density at radius 1 is 1.25 bits per heavy atom. The summed E-state index contributed by atoms with van der Waals surface area (Å²) in [5.74, 6) is 0. The van der Waals surface area contributed by atoms with Gasteiger partial charge in [0.15, 0.2) is 0 Å². The maximum absolute atomic E-state index is 10.6. The van der Waals surface area contributed by atoms with Crippen molar-refractivity contribution in [2.75, 3.05) is 0 Å². The molecule has 2 bridgehead atoms. The predicted molar refractivity (Wildman–Crippen MR) is 67.3 cm³/mol. The van der Waals surface area contributed by atoms with Crippen molar-refractivity contribution < 1.29 is 5.11 Å². The highest BCUT2D eigenvalue weighted by Gasteiger charge is 2.40. The Balaban J connectivity index is 1.80. The first-order valence-corrected chi connectivity index (χ1v) is 7.41. The number of rotatable bonds is 4. The van der Waals surface area contributed by atoms with Crippen LogP contribution in [0.25, 0.3) is 0 Å². The summed E-state index contributed by atoms with van der Waals surface area (Å²) in [5, 5.41) is 20.5. The third-order valence-electron chi connectivity index (χ3n) is 3.83. The highest BCUT2D eigenvalue weighted by atomic mass is 32.2. The van der Waals surface area contributed by atoms with Crippen molar-refractivity contribution in [3.05, 3.63) is 0 Å². The molecule has 0 aliphatic carbocycles. The highest BCUT2D eigenvalue weighted by Crippen LogP contribution is 2.47. The van der Waals surface area contributed by atoms with Crippen LogP contribution < -0.4 is 0 Å². The van der Waals surface area contributed by atoms with E-state index in [-0.39, 0.29) is 0 Å². The average Bonchev–Trinajstić information content (AvgIpc) is 2.24. The van der Waals surface area contributed by atoms with Crippen LogP contribution in [-0.4, -0.2) is 21.2 Å². The first-order chi connectivity index (χ1) is 7.72. The van der Waals surface area contributed by atoms with Gasteiger partial charge in [0.05, 0.1) is 11.7 Å². The minimum atomic E-state index is -0.406. The minimum absolute atomic E-state index is 0.406. The van der Waals surface area contributed by atoms with Crippen LogP contribution in [0.2, 0.25) is 0 Å². The first kappa shape index (κ1) is 12.3. The molecule has 0 radical (unpaired) electrons. The molecular formula is C13H21NOS. The number of hydrogen-bond donors (Lipinski definition) is 1. The lowest BCUT2D eigenvalue weighted by Gasteiger charge is -2.44. The zero-order valence-electron chi connectivity index (χ0n) is 9.82. The van der Waals surface area contributed by atoms with E-state index < -0.39 is 5.60 Å². The van der Waals surface area contributed by atoms with Crippen molar-refractivity contribution in [1.29, 1.82) is 5.26 Å². The fraction of sp³-hybridized carbons (Fsp3) is 0.923. The molecule has 3 heteroatoms. The van der Waals surface area contributed by atoms with Crippen LogP contribution in [0.4, 0.5) is 0 Å². The van der Waals surface area contributed by atoms with Gasteiger partial charge in [-0.15, -0.1) is 0 Å². The summed E-state index contributed by atoms with van der Waals surface area (Å²) in [6, 6.07) is 2.17. The molecule has 2 aliphatic heterocycles. The summed E-state index contributed by atoms with van der Waals surface area (Å²) in [7, 11) is 0. The summed E-state index contributed by atoms with van der Waals surface area (Å²) in [6.07, 6.45) is 9.41. The topological polar surface area (TPSA) is 44.0 Å². The molecule has 2 atom stereocenters. The van der Waals surface area contributed by atoms with Crippen molar-refractivity contribution in [1.82, 2.24) is 0 Å². The van der Waals surface area contributed by atoms with Crippen LogP contribution in [0.1, 0.15) is 57.8 Å². The molecule has 0 aromatic carbocycles. The Kier molecular flexibility index (Phi) is 4.16. The molecule has 0 amide bonds. The molecule has 1 N–H and O–H groups in total. The lowest BCUT2D eigenvalue weighted by Crippen LogP contribution is -2.42. The van der Waals surface area contributed by atoms with Gasteiger partial charge < -0.3 is 5.11 Å². The van der Waals surface area contributed by atoms with Crippen molar-refractivity contribution in [3.8, 4) is 6.07 Å². The van der Waals surface area contributed by atoms with E-state index in [4.69, 9.17) is 5.26 Å². The monoisotopic (exact) mass is 239 g/mol. The smallest absolute Gasteiger partial charge is 0.0668 e. The first-order valence-electron chi connectivity index (χ1n) is 6.47. The van der Waals surface area contributed by atoms with Gasteiger partial charge in [0.2, 0.25) is 0 Å². The van der Waals surface area contributed by atoms with E-state index in [0.717, 1.165) is 32.1 Å². The third kappa shape index (κ3) is 3.15. The Morgan fingerprint density at radius 2 is 1.94 bits per heavy atom. The molecule has 2 rings (SSSR count). The maximum atomic E-state index is 10.6. The van der Waals surface area contributed by atoms with E-state index in [9.17, 15) is 5.11 Å². The number of thioether (sulfide) groups is 1. The van der Waals surface area contributed by atoms with E-state index in [1.54, 1.807) is 0 Å². The van der Waals surface area contributed by atoms with Crippen molar-refractivity contribution in [2.24, 2.45) is 0 Å². The van der Waals surface area contributed by atoms with Crippen LogP contribution in [0.5, 0.6) is 0 Å². The molecular weight excluding hydrogens is 218 g/mol.